The van der Waals surface area contributed by atoms with E-state index < -0.39 is 10.0 Å². The minimum Gasteiger partial charge on any atom is -0.339 e. The maximum absolute atomic E-state index is 12.6. The lowest BCUT2D eigenvalue weighted by atomic mass is 10.3. The van der Waals surface area contributed by atoms with E-state index in [0.29, 0.717) is 29.1 Å². The van der Waals surface area contributed by atoms with Gasteiger partial charge in [0.2, 0.25) is 5.91 Å². The molecule has 0 spiro atoms. The van der Waals surface area contributed by atoms with Crippen molar-refractivity contribution < 1.29 is 13.2 Å². The van der Waals surface area contributed by atoms with Crippen LogP contribution in [0, 0.1) is 0 Å². The van der Waals surface area contributed by atoms with Crippen LogP contribution in [0.1, 0.15) is 0 Å². The lowest BCUT2D eigenvalue weighted by molar-refractivity contribution is -0.129. The second-order valence-corrected chi connectivity index (χ2v) is 10.5. The number of piperazine rings is 1. The van der Waals surface area contributed by atoms with E-state index in [1.165, 1.54) is 22.1 Å². The Morgan fingerprint density at radius 2 is 2.07 bits per heavy atom. The van der Waals surface area contributed by atoms with Crippen LogP contribution in [0.2, 0.25) is 4.34 Å². The Kier molecular flexibility index (Phi) is 6.58. The van der Waals surface area contributed by atoms with Gasteiger partial charge in [-0.1, -0.05) is 29.4 Å². The van der Waals surface area contributed by atoms with E-state index in [-0.39, 0.29) is 29.0 Å². The molecule has 0 bridgehead atoms. The second kappa shape index (κ2) is 8.74. The van der Waals surface area contributed by atoms with Crippen LogP contribution in [0.3, 0.4) is 0 Å². The monoisotopic (exact) mass is 447 g/mol. The van der Waals surface area contributed by atoms with Crippen molar-refractivity contribution in [2.24, 2.45) is 0 Å². The molecule has 1 saturated heterocycles. The largest absolute Gasteiger partial charge is 0.339 e. The average Bonchev–Trinajstić information content (AvgIpc) is 3.29. The quantitative estimate of drug-likeness (QED) is 0.475. The van der Waals surface area contributed by atoms with Crippen LogP contribution in [0.15, 0.2) is 40.5 Å². The van der Waals surface area contributed by atoms with E-state index in [2.05, 4.69) is 16.8 Å². The number of sulfonamides is 1. The molecular formula is C15H18ClN5O3S3. The summed E-state index contributed by atoms with van der Waals surface area (Å²) in [7, 11) is -3.56. The van der Waals surface area contributed by atoms with Gasteiger partial charge >= 0.3 is 0 Å². The average molecular weight is 448 g/mol. The highest BCUT2D eigenvalue weighted by molar-refractivity contribution is 7.99. The first-order chi connectivity index (χ1) is 12.9. The number of hydrogen-bond acceptors (Lipinski definition) is 7. The molecule has 1 amide bonds. The van der Waals surface area contributed by atoms with Crippen LogP contribution in [-0.2, 0) is 21.4 Å². The molecule has 0 N–H and O–H groups in total. The van der Waals surface area contributed by atoms with Gasteiger partial charge in [0.25, 0.3) is 10.0 Å². The first-order valence-corrected chi connectivity index (χ1v) is 11.7. The lowest BCUT2D eigenvalue weighted by Gasteiger charge is -2.33. The molecule has 0 unspecified atom stereocenters. The number of carbonyl (C=O) groups is 1. The fraction of sp³-hybridized carbons (Fsp3) is 0.400. The van der Waals surface area contributed by atoms with Gasteiger partial charge in [0.05, 0.1) is 10.1 Å². The van der Waals surface area contributed by atoms with Crippen molar-refractivity contribution in [1.29, 1.82) is 0 Å². The first-order valence-electron chi connectivity index (χ1n) is 8.06. The maximum Gasteiger partial charge on any atom is 0.252 e. The fourth-order valence-electron chi connectivity index (χ4n) is 2.58. The molecule has 0 aromatic carbocycles. The van der Waals surface area contributed by atoms with Crippen molar-refractivity contribution in [3.63, 3.8) is 0 Å². The smallest absolute Gasteiger partial charge is 0.252 e. The summed E-state index contributed by atoms with van der Waals surface area (Å²) in [6.07, 6.45) is 3.32. The Morgan fingerprint density at radius 3 is 2.70 bits per heavy atom. The Hall–Kier alpha value is -1.40. The van der Waals surface area contributed by atoms with Gasteiger partial charge in [-0.05, 0) is 12.1 Å². The van der Waals surface area contributed by atoms with Gasteiger partial charge in [0.1, 0.15) is 10.5 Å². The van der Waals surface area contributed by atoms with E-state index in [1.807, 2.05) is 4.57 Å². The van der Waals surface area contributed by atoms with E-state index in [1.54, 1.807) is 23.4 Å². The zero-order chi connectivity index (χ0) is 19.4. The number of thiophene rings is 1. The molecule has 1 aliphatic heterocycles. The number of amides is 1. The molecular weight excluding hydrogens is 430 g/mol. The van der Waals surface area contributed by atoms with E-state index >= 15 is 0 Å². The van der Waals surface area contributed by atoms with Crippen molar-refractivity contribution in [3.05, 3.63) is 35.5 Å². The van der Waals surface area contributed by atoms with Gasteiger partial charge in [-0.25, -0.2) is 8.42 Å². The summed E-state index contributed by atoms with van der Waals surface area (Å²) < 4.78 is 29.1. The van der Waals surface area contributed by atoms with E-state index in [9.17, 15) is 13.2 Å². The molecule has 27 heavy (non-hydrogen) atoms. The zero-order valence-corrected chi connectivity index (χ0v) is 17.5. The minimum atomic E-state index is -3.56. The van der Waals surface area contributed by atoms with Crippen LogP contribution in [0.5, 0.6) is 0 Å². The second-order valence-electron chi connectivity index (χ2n) is 5.69. The summed E-state index contributed by atoms with van der Waals surface area (Å²) in [5.41, 5.74) is 0. The summed E-state index contributed by atoms with van der Waals surface area (Å²) in [6, 6.07) is 3.08. The Bertz CT molecular complexity index is 919. The summed E-state index contributed by atoms with van der Waals surface area (Å²) in [4.78, 5) is 14.1. The molecule has 3 rings (SSSR count). The third kappa shape index (κ3) is 4.72. The van der Waals surface area contributed by atoms with E-state index in [4.69, 9.17) is 11.6 Å². The van der Waals surface area contributed by atoms with Crippen LogP contribution >= 0.6 is 34.7 Å². The highest BCUT2D eigenvalue weighted by Crippen LogP contribution is 2.28. The summed E-state index contributed by atoms with van der Waals surface area (Å²) >= 11 is 8.19. The van der Waals surface area contributed by atoms with Gasteiger partial charge in [-0.2, -0.15) is 4.31 Å². The SMILES string of the molecule is C=CCn1cnnc1SCC(=O)N1CCN(S(=O)(=O)c2ccc(Cl)s2)CC1. The van der Waals surface area contributed by atoms with Crippen molar-refractivity contribution in [2.75, 3.05) is 31.9 Å². The molecule has 2 aromatic rings. The summed E-state index contributed by atoms with van der Waals surface area (Å²) in [6.45, 7) is 5.50. The molecule has 1 fully saturated rings. The number of carbonyl (C=O) groups excluding carboxylic acids is 1. The predicted octanol–water partition coefficient (Wildman–Crippen LogP) is 1.80. The molecule has 146 valence electrons. The fourth-order valence-corrected chi connectivity index (χ4v) is 6.47. The first kappa shape index (κ1) is 20.3. The predicted molar refractivity (Wildman–Crippen MR) is 106 cm³/mol. The number of allylic oxidation sites excluding steroid dienone is 1. The molecule has 0 saturated carbocycles. The summed E-state index contributed by atoms with van der Waals surface area (Å²) in [5.74, 6) is 0.174. The van der Waals surface area contributed by atoms with Crippen molar-refractivity contribution in [1.82, 2.24) is 24.0 Å². The molecule has 8 nitrogen and oxygen atoms in total. The molecule has 0 atom stereocenters. The van der Waals surface area contributed by atoms with Gasteiger partial charge in [0.15, 0.2) is 5.16 Å². The third-order valence-electron chi connectivity index (χ3n) is 3.96. The van der Waals surface area contributed by atoms with Gasteiger partial charge in [-0.15, -0.1) is 28.1 Å². The Morgan fingerprint density at radius 1 is 1.33 bits per heavy atom. The Labute approximate surface area is 170 Å². The molecule has 0 aliphatic carbocycles. The standard InChI is InChI=1S/C15H18ClN5O3S3/c1-2-5-20-11-17-18-15(20)25-10-13(22)19-6-8-21(9-7-19)27(23,24)14-4-3-12(16)26-14/h2-4,11H,1,5-10H2. The topological polar surface area (TPSA) is 88.4 Å². The van der Waals surface area contributed by atoms with Gasteiger partial charge in [0, 0.05) is 32.7 Å². The van der Waals surface area contributed by atoms with Gasteiger partial charge in [-0.3, -0.25) is 4.79 Å². The third-order valence-corrected chi connectivity index (χ3v) is 8.53. The van der Waals surface area contributed by atoms with Crippen LogP contribution in [0.25, 0.3) is 0 Å². The highest BCUT2D eigenvalue weighted by atomic mass is 35.5. The molecule has 1 aliphatic rings. The minimum absolute atomic E-state index is 0.0515. The molecule has 12 heteroatoms. The van der Waals surface area contributed by atoms with Crippen LogP contribution < -0.4 is 0 Å². The zero-order valence-electron chi connectivity index (χ0n) is 14.3. The number of halogens is 1. The number of aromatic nitrogens is 3. The van der Waals surface area contributed by atoms with E-state index in [0.717, 1.165) is 11.3 Å². The maximum atomic E-state index is 12.6. The van der Waals surface area contributed by atoms with Crippen molar-refractivity contribution in [3.8, 4) is 0 Å². The summed E-state index contributed by atoms with van der Waals surface area (Å²) in [5, 5.41) is 8.48. The molecule has 0 radical (unpaired) electrons. The molecule has 3 heterocycles. The Balaban J connectivity index is 1.53. The van der Waals surface area contributed by atoms with Gasteiger partial charge < -0.3 is 9.47 Å². The highest BCUT2D eigenvalue weighted by Gasteiger charge is 2.31. The number of rotatable bonds is 7. The van der Waals surface area contributed by atoms with Crippen LogP contribution in [0.4, 0.5) is 0 Å². The normalized spacial score (nSPS) is 15.8. The number of thioether (sulfide) groups is 1. The lowest BCUT2D eigenvalue weighted by Crippen LogP contribution is -2.50. The number of nitrogens with zero attached hydrogens (tertiary/aromatic N) is 5. The van der Waals surface area contributed by atoms with Crippen LogP contribution in [-0.4, -0.2) is 70.2 Å². The van der Waals surface area contributed by atoms with Crippen molar-refractivity contribution in [2.45, 2.75) is 15.9 Å². The molecule has 2 aromatic heterocycles. The number of hydrogen-bond donors (Lipinski definition) is 0. The van der Waals surface area contributed by atoms with Crippen molar-refractivity contribution >= 4 is 50.6 Å².